The van der Waals surface area contributed by atoms with Crippen molar-refractivity contribution in [3.63, 3.8) is 0 Å². The van der Waals surface area contributed by atoms with Gasteiger partial charge in [0.15, 0.2) is 0 Å². The second-order valence-electron chi connectivity index (χ2n) is 5.51. The van der Waals surface area contributed by atoms with E-state index in [1.165, 1.54) is 12.8 Å². The smallest absolute Gasteiger partial charge is 0.130 e. The van der Waals surface area contributed by atoms with Crippen LogP contribution >= 0.6 is 0 Å². The third kappa shape index (κ3) is 3.45. The fourth-order valence-corrected chi connectivity index (χ4v) is 2.58. The zero-order valence-corrected chi connectivity index (χ0v) is 12.0. The largest absolute Gasteiger partial charge is 0.353 e. The average molecular weight is 258 g/mol. The van der Waals surface area contributed by atoms with E-state index in [9.17, 15) is 0 Å². The van der Waals surface area contributed by atoms with Crippen LogP contribution < -0.4 is 10.2 Å². The number of pyridine rings is 1. The first-order chi connectivity index (χ1) is 9.10. The molecule has 0 spiro atoms. The molecule has 0 amide bonds. The van der Waals surface area contributed by atoms with E-state index < -0.39 is 0 Å². The molecular weight excluding hydrogens is 236 g/mol. The molecule has 2 heterocycles. The van der Waals surface area contributed by atoms with Crippen LogP contribution in [-0.2, 0) is 0 Å². The molecule has 4 nitrogen and oxygen atoms in total. The summed E-state index contributed by atoms with van der Waals surface area (Å²) in [6.45, 7) is 8.35. The van der Waals surface area contributed by atoms with Gasteiger partial charge in [0.1, 0.15) is 5.82 Å². The summed E-state index contributed by atoms with van der Waals surface area (Å²) >= 11 is 0. The van der Waals surface area contributed by atoms with Crippen LogP contribution in [0.25, 0.3) is 0 Å². The van der Waals surface area contributed by atoms with E-state index in [2.05, 4.69) is 35.1 Å². The summed E-state index contributed by atoms with van der Waals surface area (Å²) in [5.41, 5.74) is 1.59. The average Bonchev–Trinajstić information content (AvgIpc) is 2.87. The lowest BCUT2D eigenvalue weighted by molar-refractivity contribution is 0.549. The number of hydrogen-bond donors (Lipinski definition) is 1. The summed E-state index contributed by atoms with van der Waals surface area (Å²) in [5, 5.41) is 12.6. The number of nitrogens with zero attached hydrogens (tertiary/aromatic N) is 3. The maximum Gasteiger partial charge on any atom is 0.130 e. The topological polar surface area (TPSA) is 52.0 Å². The lowest BCUT2D eigenvalue weighted by atomic mass is 10.1. The van der Waals surface area contributed by atoms with Gasteiger partial charge in [-0.25, -0.2) is 4.98 Å². The van der Waals surface area contributed by atoms with E-state index in [0.29, 0.717) is 17.6 Å². The summed E-state index contributed by atoms with van der Waals surface area (Å²) in [7, 11) is 0. The van der Waals surface area contributed by atoms with Crippen molar-refractivity contribution in [3.8, 4) is 6.07 Å². The van der Waals surface area contributed by atoms with Gasteiger partial charge in [-0.15, -0.1) is 0 Å². The minimum atomic E-state index is 0.378. The molecule has 1 aliphatic heterocycles. The van der Waals surface area contributed by atoms with Gasteiger partial charge in [0, 0.05) is 24.3 Å². The molecule has 0 bridgehead atoms. The van der Waals surface area contributed by atoms with Crippen LogP contribution in [-0.4, -0.2) is 30.2 Å². The number of nitriles is 1. The van der Waals surface area contributed by atoms with Crippen molar-refractivity contribution in [2.45, 2.75) is 45.7 Å². The highest BCUT2D eigenvalue weighted by atomic mass is 15.2. The molecular formula is C15H22N4. The Kier molecular flexibility index (Phi) is 4.39. The molecule has 1 atom stereocenters. The van der Waals surface area contributed by atoms with Gasteiger partial charge in [-0.2, -0.15) is 5.26 Å². The molecule has 1 unspecified atom stereocenters. The third-order valence-electron chi connectivity index (χ3n) is 3.57. The van der Waals surface area contributed by atoms with Crippen LogP contribution in [0.3, 0.4) is 0 Å². The van der Waals surface area contributed by atoms with E-state index in [1.807, 2.05) is 19.1 Å². The number of rotatable bonds is 4. The van der Waals surface area contributed by atoms with Crippen LogP contribution in [0.2, 0.25) is 0 Å². The maximum atomic E-state index is 9.08. The standard InChI is InChI=1S/C15H22N4/c1-11(2)19(10-14-5-4-6-17-14)15-8-13(9-16)7-12(3)18-15/h7-8,11,14,17H,4-6,10H2,1-3H3. The highest BCUT2D eigenvalue weighted by Gasteiger charge is 2.21. The first-order valence-corrected chi connectivity index (χ1v) is 6.99. The van der Waals surface area contributed by atoms with Gasteiger partial charge in [0.25, 0.3) is 0 Å². The molecule has 0 saturated carbocycles. The molecule has 1 aromatic rings. The lowest BCUT2D eigenvalue weighted by Crippen LogP contribution is -2.41. The SMILES string of the molecule is Cc1cc(C#N)cc(N(CC2CCCN2)C(C)C)n1. The maximum absolute atomic E-state index is 9.08. The lowest BCUT2D eigenvalue weighted by Gasteiger charge is -2.31. The monoisotopic (exact) mass is 258 g/mol. The van der Waals surface area contributed by atoms with Crippen LogP contribution in [0.1, 0.15) is 37.9 Å². The van der Waals surface area contributed by atoms with E-state index >= 15 is 0 Å². The zero-order chi connectivity index (χ0) is 13.8. The molecule has 102 valence electrons. The highest BCUT2D eigenvalue weighted by molar-refractivity contribution is 5.47. The minimum absolute atomic E-state index is 0.378. The molecule has 19 heavy (non-hydrogen) atoms. The normalized spacial score (nSPS) is 18.6. The second kappa shape index (κ2) is 6.03. The van der Waals surface area contributed by atoms with E-state index in [1.54, 1.807) is 0 Å². The van der Waals surface area contributed by atoms with Crippen molar-refractivity contribution in [2.24, 2.45) is 0 Å². The highest BCUT2D eigenvalue weighted by Crippen LogP contribution is 2.19. The Balaban J connectivity index is 2.22. The second-order valence-corrected chi connectivity index (χ2v) is 5.51. The van der Waals surface area contributed by atoms with Crippen molar-refractivity contribution in [1.82, 2.24) is 10.3 Å². The van der Waals surface area contributed by atoms with Crippen LogP contribution in [0, 0.1) is 18.3 Å². The Morgan fingerprint density at radius 2 is 2.32 bits per heavy atom. The van der Waals surface area contributed by atoms with E-state index in [-0.39, 0.29) is 0 Å². The summed E-state index contributed by atoms with van der Waals surface area (Å²) < 4.78 is 0. The summed E-state index contributed by atoms with van der Waals surface area (Å²) in [6.07, 6.45) is 2.47. The van der Waals surface area contributed by atoms with Crippen molar-refractivity contribution in [2.75, 3.05) is 18.0 Å². The quantitative estimate of drug-likeness (QED) is 0.899. The van der Waals surface area contributed by atoms with Gasteiger partial charge in [0.05, 0.1) is 11.6 Å². The molecule has 0 radical (unpaired) electrons. The van der Waals surface area contributed by atoms with Crippen molar-refractivity contribution in [3.05, 3.63) is 23.4 Å². The van der Waals surface area contributed by atoms with Gasteiger partial charge < -0.3 is 10.2 Å². The molecule has 2 rings (SSSR count). The van der Waals surface area contributed by atoms with Gasteiger partial charge in [-0.3, -0.25) is 0 Å². The molecule has 1 saturated heterocycles. The number of hydrogen-bond acceptors (Lipinski definition) is 4. The zero-order valence-electron chi connectivity index (χ0n) is 12.0. The van der Waals surface area contributed by atoms with Crippen LogP contribution in [0.4, 0.5) is 5.82 Å². The summed E-state index contributed by atoms with van der Waals surface area (Å²) in [5.74, 6) is 0.917. The Morgan fingerprint density at radius 1 is 1.53 bits per heavy atom. The Hall–Kier alpha value is -1.60. The third-order valence-corrected chi connectivity index (χ3v) is 3.57. The number of aryl methyl sites for hydroxylation is 1. The van der Waals surface area contributed by atoms with Gasteiger partial charge in [-0.1, -0.05) is 0 Å². The molecule has 0 aliphatic carbocycles. The van der Waals surface area contributed by atoms with Gasteiger partial charge in [0.2, 0.25) is 0 Å². The number of nitrogens with one attached hydrogen (secondary N) is 1. The summed E-state index contributed by atoms with van der Waals surface area (Å²) in [4.78, 5) is 6.88. The molecule has 4 heteroatoms. The van der Waals surface area contributed by atoms with Gasteiger partial charge in [-0.05, 0) is 52.3 Å². The Bertz CT molecular complexity index is 470. The number of aromatic nitrogens is 1. The first kappa shape index (κ1) is 13.8. The Labute approximate surface area is 115 Å². The predicted octanol–water partition coefficient (Wildman–Crippen LogP) is 2.23. The van der Waals surface area contributed by atoms with Crippen molar-refractivity contribution >= 4 is 5.82 Å². The van der Waals surface area contributed by atoms with Crippen molar-refractivity contribution in [1.29, 1.82) is 5.26 Å². The fourth-order valence-electron chi connectivity index (χ4n) is 2.58. The Morgan fingerprint density at radius 3 is 2.89 bits per heavy atom. The number of anilines is 1. The molecule has 1 fully saturated rings. The summed E-state index contributed by atoms with van der Waals surface area (Å²) in [6, 6.07) is 6.85. The van der Waals surface area contributed by atoms with Crippen molar-refractivity contribution < 1.29 is 0 Å². The van der Waals surface area contributed by atoms with Crippen LogP contribution in [0.15, 0.2) is 12.1 Å². The minimum Gasteiger partial charge on any atom is -0.353 e. The molecule has 1 aromatic heterocycles. The van der Waals surface area contributed by atoms with E-state index in [4.69, 9.17) is 5.26 Å². The molecule has 1 N–H and O–H groups in total. The first-order valence-electron chi connectivity index (χ1n) is 6.99. The van der Waals surface area contributed by atoms with Gasteiger partial charge >= 0.3 is 0 Å². The van der Waals surface area contributed by atoms with E-state index in [0.717, 1.165) is 24.6 Å². The van der Waals surface area contributed by atoms with Crippen LogP contribution in [0.5, 0.6) is 0 Å². The molecule has 1 aliphatic rings. The fraction of sp³-hybridized carbons (Fsp3) is 0.600. The predicted molar refractivity (Wildman–Crippen MR) is 77.2 cm³/mol. The molecule has 0 aromatic carbocycles.